The average Bonchev–Trinajstić information content (AvgIpc) is 2.59. The first-order valence-electron chi connectivity index (χ1n) is 6.03. The fourth-order valence-electron chi connectivity index (χ4n) is 2.31. The quantitative estimate of drug-likeness (QED) is 0.773. The number of hydrogen-bond acceptors (Lipinski definition) is 3. The minimum Gasteiger partial charge on any atom is -0.335 e. The van der Waals surface area contributed by atoms with Crippen LogP contribution in [0.25, 0.3) is 0 Å². The molecule has 1 aliphatic carbocycles. The van der Waals surface area contributed by atoms with E-state index in [9.17, 15) is 13.2 Å². The fraction of sp³-hybridized carbons (Fsp3) is 0.727. The van der Waals surface area contributed by atoms with Gasteiger partial charge >= 0.3 is 6.03 Å². The smallest absolute Gasteiger partial charge is 0.315 e. The lowest BCUT2D eigenvalue weighted by Gasteiger charge is -2.23. The van der Waals surface area contributed by atoms with Crippen LogP contribution in [0.15, 0.2) is 11.5 Å². The minimum absolute atomic E-state index is 0.0227. The molecule has 0 saturated heterocycles. The molecule has 6 heteroatoms. The van der Waals surface area contributed by atoms with Crippen LogP contribution < -0.4 is 10.6 Å². The number of carbonyl (C=O) groups is 1. The molecule has 2 amide bonds. The van der Waals surface area contributed by atoms with Gasteiger partial charge in [0, 0.05) is 11.4 Å². The standard InChI is InChI=1S/C11H18N2O3S/c14-11(12-9-4-2-1-3-5-9)13-10-6-7-17(15,16)8-10/h6-7,9-10H,1-5,8H2,(H2,12,13,14)/t10-/m0/s1. The van der Waals surface area contributed by atoms with Crippen molar-refractivity contribution >= 4 is 15.9 Å². The Morgan fingerprint density at radius 3 is 2.41 bits per heavy atom. The molecule has 0 bridgehead atoms. The SMILES string of the molecule is O=C(NC1CCCCC1)N[C@H]1C=CS(=O)(=O)C1. The second-order valence-electron chi connectivity index (χ2n) is 4.72. The van der Waals surface area contributed by atoms with Crippen molar-refractivity contribution in [1.29, 1.82) is 0 Å². The third kappa shape index (κ3) is 3.73. The molecule has 96 valence electrons. The van der Waals surface area contributed by atoms with Crippen molar-refractivity contribution in [3.63, 3.8) is 0 Å². The van der Waals surface area contributed by atoms with Gasteiger partial charge in [0.25, 0.3) is 0 Å². The molecule has 2 N–H and O–H groups in total. The molecule has 0 unspecified atom stereocenters. The summed E-state index contributed by atoms with van der Waals surface area (Å²) in [4.78, 5) is 11.6. The molecule has 2 rings (SSSR count). The van der Waals surface area contributed by atoms with Gasteiger partial charge in [-0.05, 0) is 18.9 Å². The summed E-state index contributed by atoms with van der Waals surface area (Å²) in [5.41, 5.74) is 0. The van der Waals surface area contributed by atoms with Crippen molar-refractivity contribution in [2.45, 2.75) is 44.2 Å². The van der Waals surface area contributed by atoms with Gasteiger partial charge in [0.15, 0.2) is 9.84 Å². The summed E-state index contributed by atoms with van der Waals surface area (Å²) in [6.07, 6.45) is 7.11. The van der Waals surface area contributed by atoms with E-state index in [-0.39, 0.29) is 23.9 Å². The summed E-state index contributed by atoms with van der Waals surface area (Å²) in [5.74, 6) is -0.0227. The highest BCUT2D eigenvalue weighted by Gasteiger charge is 2.24. The highest BCUT2D eigenvalue weighted by atomic mass is 32.2. The Balaban J connectivity index is 1.76. The van der Waals surface area contributed by atoms with Crippen LogP contribution in [0.3, 0.4) is 0 Å². The third-order valence-corrected chi connectivity index (χ3v) is 4.58. The predicted molar refractivity (Wildman–Crippen MR) is 65.3 cm³/mol. The third-order valence-electron chi connectivity index (χ3n) is 3.19. The Bertz CT molecular complexity index is 410. The number of rotatable bonds is 2. The van der Waals surface area contributed by atoms with Gasteiger partial charge < -0.3 is 10.6 Å². The monoisotopic (exact) mass is 258 g/mol. The molecule has 17 heavy (non-hydrogen) atoms. The van der Waals surface area contributed by atoms with Crippen molar-refractivity contribution in [2.75, 3.05) is 5.75 Å². The van der Waals surface area contributed by atoms with Crippen molar-refractivity contribution < 1.29 is 13.2 Å². The van der Waals surface area contributed by atoms with E-state index in [0.29, 0.717) is 0 Å². The summed E-state index contributed by atoms with van der Waals surface area (Å²) in [7, 11) is -3.10. The van der Waals surface area contributed by atoms with Gasteiger partial charge in [0.1, 0.15) is 0 Å². The van der Waals surface area contributed by atoms with E-state index in [4.69, 9.17) is 0 Å². The first-order chi connectivity index (χ1) is 8.05. The van der Waals surface area contributed by atoms with E-state index < -0.39 is 9.84 Å². The first kappa shape index (κ1) is 12.4. The molecule has 1 heterocycles. The van der Waals surface area contributed by atoms with Gasteiger partial charge in [0.05, 0.1) is 11.8 Å². The van der Waals surface area contributed by atoms with Gasteiger partial charge in [-0.15, -0.1) is 0 Å². The zero-order chi connectivity index (χ0) is 12.3. The maximum atomic E-state index is 11.6. The van der Waals surface area contributed by atoms with E-state index in [1.807, 2.05) is 0 Å². The molecule has 0 radical (unpaired) electrons. The van der Waals surface area contributed by atoms with Crippen LogP contribution in [0.2, 0.25) is 0 Å². The minimum atomic E-state index is -3.10. The fourth-order valence-corrected chi connectivity index (χ4v) is 3.54. The van der Waals surface area contributed by atoms with Crippen molar-refractivity contribution in [2.24, 2.45) is 0 Å². The number of urea groups is 1. The highest BCUT2D eigenvalue weighted by Crippen LogP contribution is 2.17. The van der Waals surface area contributed by atoms with Gasteiger partial charge in [-0.1, -0.05) is 19.3 Å². The van der Waals surface area contributed by atoms with E-state index in [0.717, 1.165) is 25.7 Å². The normalized spacial score (nSPS) is 27.9. The number of nitrogens with one attached hydrogen (secondary N) is 2. The van der Waals surface area contributed by atoms with Gasteiger partial charge in [-0.3, -0.25) is 0 Å². The lowest BCUT2D eigenvalue weighted by Crippen LogP contribution is -2.47. The molecule has 1 atom stereocenters. The number of hydrogen-bond donors (Lipinski definition) is 2. The van der Waals surface area contributed by atoms with Crippen molar-refractivity contribution in [3.05, 3.63) is 11.5 Å². The van der Waals surface area contributed by atoms with Gasteiger partial charge in [0.2, 0.25) is 0 Å². The van der Waals surface area contributed by atoms with Crippen LogP contribution in [0.1, 0.15) is 32.1 Å². The van der Waals surface area contributed by atoms with E-state index in [1.54, 1.807) is 0 Å². The summed E-state index contributed by atoms with van der Waals surface area (Å²) in [5, 5.41) is 6.73. The Labute approximate surface area is 102 Å². The molecule has 1 saturated carbocycles. The van der Waals surface area contributed by atoms with Crippen LogP contribution in [-0.2, 0) is 9.84 Å². The number of sulfone groups is 1. The molecule has 0 aromatic rings. The maximum Gasteiger partial charge on any atom is 0.315 e. The lowest BCUT2D eigenvalue weighted by molar-refractivity contribution is 0.231. The molecule has 1 fully saturated rings. The van der Waals surface area contributed by atoms with E-state index in [1.165, 1.54) is 17.9 Å². The molecule has 0 aromatic carbocycles. The first-order valence-corrected chi connectivity index (χ1v) is 7.75. The Morgan fingerprint density at radius 1 is 1.12 bits per heavy atom. The van der Waals surface area contributed by atoms with Crippen molar-refractivity contribution in [3.8, 4) is 0 Å². The van der Waals surface area contributed by atoms with E-state index >= 15 is 0 Å². The second-order valence-corrected chi connectivity index (χ2v) is 6.65. The largest absolute Gasteiger partial charge is 0.335 e. The number of amides is 2. The van der Waals surface area contributed by atoms with Crippen LogP contribution in [0.4, 0.5) is 4.79 Å². The summed E-state index contributed by atoms with van der Waals surface area (Å²) < 4.78 is 22.3. The van der Waals surface area contributed by atoms with Crippen LogP contribution >= 0.6 is 0 Å². The summed E-state index contributed by atoms with van der Waals surface area (Å²) in [6, 6.07) is -0.405. The topological polar surface area (TPSA) is 75.3 Å². The van der Waals surface area contributed by atoms with Gasteiger partial charge in [-0.2, -0.15) is 0 Å². The number of carbonyl (C=O) groups excluding carboxylic acids is 1. The second kappa shape index (κ2) is 5.08. The Morgan fingerprint density at radius 2 is 1.82 bits per heavy atom. The van der Waals surface area contributed by atoms with E-state index in [2.05, 4.69) is 10.6 Å². The van der Waals surface area contributed by atoms with Gasteiger partial charge in [-0.25, -0.2) is 13.2 Å². The molecule has 0 aromatic heterocycles. The lowest BCUT2D eigenvalue weighted by atomic mass is 9.96. The maximum absolute atomic E-state index is 11.6. The summed E-state index contributed by atoms with van der Waals surface area (Å²) in [6.45, 7) is 0. The van der Waals surface area contributed by atoms with Crippen LogP contribution in [0.5, 0.6) is 0 Å². The molecular weight excluding hydrogens is 240 g/mol. The molecule has 0 spiro atoms. The molecule has 5 nitrogen and oxygen atoms in total. The predicted octanol–water partition coefficient (Wildman–Crippen LogP) is 0.929. The van der Waals surface area contributed by atoms with Crippen molar-refractivity contribution in [1.82, 2.24) is 10.6 Å². The zero-order valence-corrected chi connectivity index (χ0v) is 10.5. The Kier molecular flexibility index (Phi) is 3.71. The van der Waals surface area contributed by atoms with Crippen LogP contribution in [0, 0.1) is 0 Å². The zero-order valence-electron chi connectivity index (χ0n) is 9.69. The Hall–Kier alpha value is -1.04. The summed E-state index contributed by atoms with van der Waals surface area (Å²) >= 11 is 0. The molecule has 2 aliphatic rings. The molecular formula is C11H18N2O3S. The molecule has 1 aliphatic heterocycles. The highest BCUT2D eigenvalue weighted by molar-refractivity contribution is 7.94. The average molecular weight is 258 g/mol. The van der Waals surface area contributed by atoms with Crippen LogP contribution in [-0.4, -0.2) is 32.3 Å².